The molecule has 0 amide bonds. The molecule has 1 heterocycles. The fourth-order valence-corrected chi connectivity index (χ4v) is 1.63. The van der Waals surface area contributed by atoms with E-state index in [0.717, 1.165) is 31.5 Å². The first kappa shape index (κ1) is 13.2. The summed E-state index contributed by atoms with van der Waals surface area (Å²) in [5, 5.41) is 3.97. The van der Waals surface area contributed by atoms with Gasteiger partial charge in [0.1, 0.15) is 0 Å². The average molecular weight is 225 g/mol. The van der Waals surface area contributed by atoms with E-state index in [1.807, 2.05) is 6.92 Å². The molecule has 0 aromatic carbocycles. The second kappa shape index (κ2) is 5.43. The predicted molar refractivity (Wildman–Crippen MR) is 63.9 cm³/mol. The molecule has 0 radical (unpaired) electrons. The number of rotatable bonds is 6. The minimum atomic E-state index is -0.488. The van der Waals surface area contributed by atoms with Gasteiger partial charge in [0.2, 0.25) is 5.89 Å². The van der Waals surface area contributed by atoms with Crippen molar-refractivity contribution in [2.24, 2.45) is 11.7 Å². The van der Waals surface area contributed by atoms with Crippen LogP contribution in [0.1, 0.15) is 58.7 Å². The normalized spacial score (nSPS) is 15.4. The number of hydrogen-bond donors (Lipinski definition) is 1. The lowest BCUT2D eigenvalue weighted by molar-refractivity contribution is 0.282. The molecular formula is C12H23N3O. The van der Waals surface area contributed by atoms with Crippen molar-refractivity contribution in [3.05, 3.63) is 11.7 Å². The Kier molecular flexibility index (Phi) is 4.47. The minimum absolute atomic E-state index is 0.488. The number of aromatic nitrogens is 2. The van der Waals surface area contributed by atoms with Crippen LogP contribution in [0.4, 0.5) is 0 Å². The molecule has 1 rings (SSSR count). The van der Waals surface area contributed by atoms with E-state index in [0.29, 0.717) is 11.8 Å². The summed E-state index contributed by atoms with van der Waals surface area (Å²) in [5.74, 6) is 1.99. The fourth-order valence-electron chi connectivity index (χ4n) is 1.63. The Balaban J connectivity index is 2.63. The van der Waals surface area contributed by atoms with Gasteiger partial charge in [-0.05, 0) is 25.7 Å². The van der Waals surface area contributed by atoms with Crippen LogP contribution in [-0.2, 0) is 12.0 Å². The highest BCUT2D eigenvalue weighted by atomic mass is 16.5. The summed E-state index contributed by atoms with van der Waals surface area (Å²) in [6.07, 6.45) is 3.81. The molecule has 1 atom stereocenters. The van der Waals surface area contributed by atoms with E-state index in [1.165, 1.54) is 0 Å². The van der Waals surface area contributed by atoms with E-state index in [4.69, 9.17) is 10.3 Å². The van der Waals surface area contributed by atoms with Gasteiger partial charge in [-0.2, -0.15) is 4.98 Å². The summed E-state index contributed by atoms with van der Waals surface area (Å²) in [7, 11) is 0. The standard InChI is InChI=1S/C12H23N3O/c1-5-8-12(4,13)11-14-10(15-16-11)7-6-9(2)3/h9H,5-8,13H2,1-4H3. The van der Waals surface area contributed by atoms with Crippen molar-refractivity contribution < 1.29 is 4.52 Å². The van der Waals surface area contributed by atoms with Gasteiger partial charge in [0.15, 0.2) is 5.82 Å². The zero-order valence-corrected chi connectivity index (χ0v) is 10.8. The second-order valence-electron chi connectivity index (χ2n) is 5.12. The van der Waals surface area contributed by atoms with Crippen molar-refractivity contribution in [3.8, 4) is 0 Å². The fraction of sp³-hybridized carbons (Fsp3) is 0.833. The third-order valence-corrected chi connectivity index (χ3v) is 2.67. The highest BCUT2D eigenvalue weighted by Gasteiger charge is 2.27. The Hall–Kier alpha value is -0.900. The summed E-state index contributed by atoms with van der Waals surface area (Å²) in [6, 6.07) is 0. The van der Waals surface area contributed by atoms with Crippen molar-refractivity contribution in [2.45, 2.75) is 58.9 Å². The highest BCUT2D eigenvalue weighted by Crippen LogP contribution is 2.21. The van der Waals surface area contributed by atoms with Crippen LogP contribution < -0.4 is 5.73 Å². The Morgan fingerprint density at radius 2 is 2.12 bits per heavy atom. The van der Waals surface area contributed by atoms with E-state index in [9.17, 15) is 0 Å². The number of nitrogens with two attached hydrogens (primary N) is 1. The zero-order chi connectivity index (χ0) is 12.2. The van der Waals surface area contributed by atoms with Crippen LogP contribution in [0.2, 0.25) is 0 Å². The molecule has 2 N–H and O–H groups in total. The largest absolute Gasteiger partial charge is 0.337 e. The molecular weight excluding hydrogens is 202 g/mol. The Morgan fingerprint density at radius 3 is 2.69 bits per heavy atom. The van der Waals surface area contributed by atoms with Gasteiger partial charge in [-0.3, -0.25) is 0 Å². The lowest BCUT2D eigenvalue weighted by Gasteiger charge is -2.18. The molecule has 1 aromatic heterocycles. The molecule has 0 aliphatic heterocycles. The van der Waals surface area contributed by atoms with Crippen molar-refractivity contribution >= 4 is 0 Å². The monoisotopic (exact) mass is 225 g/mol. The first-order valence-corrected chi connectivity index (χ1v) is 6.07. The summed E-state index contributed by atoms with van der Waals surface area (Å²) in [4.78, 5) is 4.37. The molecule has 0 fully saturated rings. The molecule has 0 aliphatic carbocycles. The van der Waals surface area contributed by atoms with Gasteiger partial charge in [0.25, 0.3) is 0 Å². The third-order valence-electron chi connectivity index (χ3n) is 2.67. The predicted octanol–water partition coefficient (Wildman–Crippen LogP) is 2.63. The van der Waals surface area contributed by atoms with Gasteiger partial charge in [-0.25, -0.2) is 0 Å². The highest BCUT2D eigenvalue weighted by molar-refractivity contribution is 4.99. The van der Waals surface area contributed by atoms with E-state index in [1.54, 1.807) is 0 Å². The van der Waals surface area contributed by atoms with Gasteiger partial charge in [-0.1, -0.05) is 32.3 Å². The molecule has 1 aromatic rings. The number of hydrogen-bond acceptors (Lipinski definition) is 4. The lowest BCUT2D eigenvalue weighted by atomic mass is 9.98. The molecule has 0 aliphatic rings. The van der Waals surface area contributed by atoms with E-state index < -0.39 is 5.54 Å². The average Bonchev–Trinajstić information content (AvgIpc) is 2.63. The van der Waals surface area contributed by atoms with Crippen LogP contribution >= 0.6 is 0 Å². The van der Waals surface area contributed by atoms with Crippen LogP contribution in [-0.4, -0.2) is 10.1 Å². The maximum Gasteiger partial charge on any atom is 0.246 e. The van der Waals surface area contributed by atoms with Gasteiger partial charge in [0.05, 0.1) is 5.54 Å². The van der Waals surface area contributed by atoms with Gasteiger partial charge in [-0.15, -0.1) is 0 Å². The van der Waals surface area contributed by atoms with Crippen LogP contribution in [0.5, 0.6) is 0 Å². The van der Waals surface area contributed by atoms with Gasteiger partial charge >= 0.3 is 0 Å². The number of aryl methyl sites for hydroxylation is 1. The van der Waals surface area contributed by atoms with E-state index in [2.05, 4.69) is 30.9 Å². The molecule has 92 valence electrons. The smallest absolute Gasteiger partial charge is 0.246 e. The molecule has 16 heavy (non-hydrogen) atoms. The molecule has 1 unspecified atom stereocenters. The quantitative estimate of drug-likeness (QED) is 0.808. The molecule has 0 saturated carbocycles. The Labute approximate surface area is 97.6 Å². The molecule has 0 spiro atoms. The van der Waals surface area contributed by atoms with Crippen molar-refractivity contribution in [3.63, 3.8) is 0 Å². The van der Waals surface area contributed by atoms with E-state index >= 15 is 0 Å². The van der Waals surface area contributed by atoms with Crippen LogP contribution in [0.15, 0.2) is 4.52 Å². The first-order valence-electron chi connectivity index (χ1n) is 6.07. The topological polar surface area (TPSA) is 64.9 Å². The maximum atomic E-state index is 6.12. The molecule has 4 nitrogen and oxygen atoms in total. The summed E-state index contributed by atoms with van der Waals surface area (Å²) in [5.41, 5.74) is 5.63. The molecule has 4 heteroatoms. The Bertz CT molecular complexity index is 318. The van der Waals surface area contributed by atoms with Crippen LogP contribution in [0, 0.1) is 5.92 Å². The lowest BCUT2D eigenvalue weighted by Crippen LogP contribution is -2.33. The van der Waals surface area contributed by atoms with Gasteiger partial charge in [0, 0.05) is 6.42 Å². The summed E-state index contributed by atoms with van der Waals surface area (Å²) in [6.45, 7) is 8.41. The molecule has 0 bridgehead atoms. The summed E-state index contributed by atoms with van der Waals surface area (Å²) >= 11 is 0. The third kappa shape index (κ3) is 3.59. The SMILES string of the molecule is CCCC(C)(N)c1nc(CCC(C)C)no1. The van der Waals surface area contributed by atoms with Crippen molar-refractivity contribution in [2.75, 3.05) is 0 Å². The van der Waals surface area contributed by atoms with Crippen LogP contribution in [0.3, 0.4) is 0 Å². The summed E-state index contributed by atoms with van der Waals surface area (Å²) < 4.78 is 5.23. The maximum absolute atomic E-state index is 6.12. The van der Waals surface area contributed by atoms with Crippen molar-refractivity contribution in [1.82, 2.24) is 10.1 Å². The second-order valence-corrected chi connectivity index (χ2v) is 5.12. The minimum Gasteiger partial charge on any atom is -0.337 e. The van der Waals surface area contributed by atoms with Crippen molar-refractivity contribution in [1.29, 1.82) is 0 Å². The Morgan fingerprint density at radius 1 is 1.44 bits per heavy atom. The first-order chi connectivity index (χ1) is 7.45. The molecule has 0 saturated heterocycles. The van der Waals surface area contributed by atoms with Crippen LogP contribution in [0.25, 0.3) is 0 Å². The van der Waals surface area contributed by atoms with Gasteiger partial charge < -0.3 is 10.3 Å². The zero-order valence-electron chi connectivity index (χ0n) is 10.8. The number of nitrogens with zero attached hydrogens (tertiary/aromatic N) is 2. The van der Waals surface area contributed by atoms with E-state index in [-0.39, 0.29) is 0 Å².